The zero-order valence-electron chi connectivity index (χ0n) is 10.4. The summed E-state index contributed by atoms with van der Waals surface area (Å²) in [7, 11) is 0. The van der Waals surface area contributed by atoms with Crippen LogP contribution in [0.3, 0.4) is 0 Å². The number of nitrogens with two attached hydrogens (primary N) is 1. The van der Waals surface area contributed by atoms with Gasteiger partial charge in [-0.3, -0.25) is 0 Å². The first-order valence-electron chi connectivity index (χ1n) is 5.43. The molecule has 0 fully saturated rings. The van der Waals surface area contributed by atoms with Gasteiger partial charge in [-0.25, -0.2) is 0 Å². The van der Waals surface area contributed by atoms with Crippen LogP contribution >= 0.6 is 0 Å². The molecule has 0 saturated carbocycles. The van der Waals surface area contributed by atoms with Gasteiger partial charge in [-0.1, -0.05) is 32.1 Å². The van der Waals surface area contributed by atoms with E-state index in [-0.39, 0.29) is 0 Å². The van der Waals surface area contributed by atoms with E-state index in [1.165, 1.54) is 11.1 Å². The Hall–Kier alpha value is -1.24. The summed E-state index contributed by atoms with van der Waals surface area (Å²) in [4.78, 5) is 0. The van der Waals surface area contributed by atoms with Gasteiger partial charge in [0.05, 0.1) is 0 Å². The lowest BCUT2D eigenvalue weighted by Gasteiger charge is -2.11. The van der Waals surface area contributed by atoms with Gasteiger partial charge in [0.2, 0.25) is 0 Å². The van der Waals surface area contributed by atoms with Crippen molar-refractivity contribution < 1.29 is 0 Å². The summed E-state index contributed by atoms with van der Waals surface area (Å²) in [6.45, 7) is 12.2. The molecule has 1 nitrogen and oxygen atoms in total. The summed E-state index contributed by atoms with van der Waals surface area (Å²) in [6.07, 6.45) is 8.82. The highest BCUT2D eigenvalue weighted by Gasteiger charge is 2.03. The molecule has 0 spiro atoms. The molecule has 0 atom stereocenters. The van der Waals surface area contributed by atoms with Gasteiger partial charge < -0.3 is 5.73 Å². The van der Waals surface area contributed by atoms with Crippen LogP contribution < -0.4 is 5.73 Å². The maximum absolute atomic E-state index is 5.89. The highest BCUT2D eigenvalue weighted by molar-refractivity contribution is 5.34. The van der Waals surface area contributed by atoms with Gasteiger partial charge in [0, 0.05) is 12.1 Å². The van der Waals surface area contributed by atoms with E-state index in [4.69, 9.17) is 5.73 Å². The Kier molecular flexibility index (Phi) is 6.52. The standard InChI is InChI=1S/C14H23N/c1-6-8-12(5)14(11(3)4)10-13(15)9-7-2/h6-8,10-11H,2,9,15H2,1,3-5H3/b8-6?,13-10+,14-12-. The molecule has 0 aliphatic carbocycles. The first-order chi connectivity index (χ1) is 7.02. The van der Waals surface area contributed by atoms with E-state index in [0.717, 1.165) is 12.1 Å². The van der Waals surface area contributed by atoms with Crippen LogP contribution in [0.4, 0.5) is 0 Å². The van der Waals surface area contributed by atoms with E-state index >= 15 is 0 Å². The fourth-order valence-corrected chi connectivity index (χ4v) is 1.51. The van der Waals surface area contributed by atoms with Crippen molar-refractivity contribution >= 4 is 0 Å². The number of hydrogen-bond donors (Lipinski definition) is 1. The van der Waals surface area contributed by atoms with Crippen LogP contribution in [0.1, 0.15) is 34.1 Å². The van der Waals surface area contributed by atoms with Crippen molar-refractivity contribution in [3.8, 4) is 0 Å². The van der Waals surface area contributed by atoms with E-state index in [1.807, 2.05) is 13.0 Å². The molecule has 15 heavy (non-hydrogen) atoms. The van der Waals surface area contributed by atoms with E-state index in [1.54, 1.807) is 0 Å². The van der Waals surface area contributed by atoms with Crippen molar-refractivity contribution in [3.63, 3.8) is 0 Å². The first-order valence-corrected chi connectivity index (χ1v) is 5.43. The predicted octanol–water partition coefficient (Wildman–Crippen LogP) is 3.95. The Morgan fingerprint density at radius 3 is 2.40 bits per heavy atom. The van der Waals surface area contributed by atoms with E-state index in [9.17, 15) is 0 Å². The van der Waals surface area contributed by atoms with Gasteiger partial charge in [0.15, 0.2) is 0 Å². The van der Waals surface area contributed by atoms with Crippen molar-refractivity contribution in [2.24, 2.45) is 11.7 Å². The van der Waals surface area contributed by atoms with Crippen LogP contribution in [0.2, 0.25) is 0 Å². The molecule has 0 rings (SSSR count). The topological polar surface area (TPSA) is 26.0 Å². The third-order valence-corrected chi connectivity index (χ3v) is 2.21. The van der Waals surface area contributed by atoms with Crippen LogP contribution in [-0.4, -0.2) is 0 Å². The summed E-state index contributed by atoms with van der Waals surface area (Å²) in [5.74, 6) is 0.490. The highest BCUT2D eigenvalue weighted by atomic mass is 14.6. The Labute approximate surface area is 94.1 Å². The third kappa shape index (κ3) is 5.26. The van der Waals surface area contributed by atoms with E-state index in [0.29, 0.717) is 5.92 Å². The zero-order chi connectivity index (χ0) is 11.8. The average molecular weight is 205 g/mol. The molecule has 0 bridgehead atoms. The largest absolute Gasteiger partial charge is 0.402 e. The fourth-order valence-electron chi connectivity index (χ4n) is 1.51. The lowest BCUT2D eigenvalue weighted by molar-refractivity contribution is 0.780. The zero-order valence-corrected chi connectivity index (χ0v) is 10.4. The lowest BCUT2D eigenvalue weighted by Crippen LogP contribution is -2.01. The molecule has 0 unspecified atom stereocenters. The molecule has 2 N–H and O–H groups in total. The lowest BCUT2D eigenvalue weighted by atomic mass is 9.96. The summed E-state index contributed by atoms with van der Waals surface area (Å²) in [5, 5.41) is 0. The quantitative estimate of drug-likeness (QED) is 0.533. The van der Waals surface area contributed by atoms with E-state index < -0.39 is 0 Å². The monoisotopic (exact) mass is 205 g/mol. The molecule has 0 radical (unpaired) electrons. The molecule has 0 aliphatic heterocycles. The van der Waals surface area contributed by atoms with Gasteiger partial charge in [0.25, 0.3) is 0 Å². The van der Waals surface area contributed by atoms with Gasteiger partial charge in [-0.15, -0.1) is 6.58 Å². The minimum atomic E-state index is 0.490. The molecule has 84 valence electrons. The number of hydrogen-bond acceptors (Lipinski definition) is 1. The molecule has 0 heterocycles. The minimum absolute atomic E-state index is 0.490. The maximum Gasteiger partial charge on any atom is 0.0122 e. The number of rotatable bonds is 5. The Morgan fingerprint density at radius 1 is 1.40 bits per heavy atom. The van der Waals surface area contributed by atoms with Crippen molar-refractivity contribution in [3.05, 3.63) is 47.7 Å². The summed E-state index contributed by atoms with van der Waals surface area (Å²) >= 11 is 0. The minimum Gasteiger partial charge on any atom is -0.402 e. The van der Waals surface area contributed by atoms with Gasteiger partial charge in [-0.2, -0.15) is 0 Å². The Balaban J connectivity index is 5.07. The van der Waals surface area contributed by atoms with Crippen molar-refractivity contribution in [2.75, 3.05) is 0 Å². The van der Waals surface area contributed by atoms with Gasteiger partial charge in [0.1, 0.15) is 0 Å². The van der Waals surface area contributed by atoms with Crippen LogP contribution in [-0.2, 0) is 0 Å². The van der Waals surface area contributed by atoms with Crippen molar-refractivity contribution in [1.82, 2.24) is 0 Å². The van der Waals surface area contributed by atoms with Gasteiger partial charge >= 0.3 is 0 Å². The summed E-state index contributed by atoms with van der Waals surface area (Å²) < 4.78 is 0. The Bertz CT molecular complexity index is 290. The van der Waals surface area contributed by atoms with Crippen LogP contribution in [0.5, 0.6) is 0 Å². The van der Waals surface area contributed by atoms with Crippen LogP contribution in [0.15, 0.2) is 47.7 Å². The third-order valence-electron chi connectivity index (χ3n) is 2.21. The summed E-state index contributed by atoms with van der Waals surface area (Å²) in [5.41, 5.74) is 9.34. The molecule has 0 amide bonds. The summed E-state index contributed by atoms with van der Waals surface area (Å²) in [6, 6.07) is 0. The average Bonchev–Trinajstić information content (AvgIpc) is 2.14. The molecule has 0 aromatic rings. The molecule has 0 aromatic carbocycles. The van der Waals surface area contributed by atoms with Crippen LogP contribution in [0.25, 0.3) is 0 Å². The molecule has 0 saturated heterocycles. The van der Waals surface area contributed by atoms with Crippen molar-refractivity contribution in [1.29, 1.82) is 0 Å². The molecular weight excluding hydrogens is 182 g/mol. The van der Waals surface area contributed by atoms with Crippen molar-refractivity contribution in [2.45, 2.75) is 34.1 Å². The Morgan fingerprint density at radius 2 is 2.00 bits per heavy atom. The second kappa shape index (κ2) is 7.10. The second-order valence-electron chi connectivity index (χ2n) is 4.01. The first kappa shape index (κ1) is 13.8. The van der Waals surface area contributed by atoms with Crippen LogP contribution in [0, 0.1) is 5.92 Å². The molecular formula is C14H23N. The molecule has 0 aliphatic rings. The maximum atomic E-state index is 5.89. The molecule has 1 heteroatoms. The normalized spacial score (nSPS) is 14.6. The van der Waals surface area contributed by atoms with E-state index in [2.05, 4.69) is 45.6 Å². The molecule has 0 aromatic heterocycles. The highest BCUT2D eigenvalue weighted by Crippen LogP contribution is 2.18. The predicted molar refractivity (Wildman–Crippen MR) is 69.4 cm³/mol. The smallest absolute Gasteiger partial charge is 0.0122 e. The van der Waals surface area contributed by atoms with Gasteiger partial charge in [-0.05, 0) is 37.0 Å². The fraction of sp³-hybridized carbons (Fsp3) is 0.429. The second-order valence-corrected chi connectivity index (χ2v) is 4.01. The SMILES string of the molecule is C=CC/C(N)=C\C(=C(/C)C=CC)C(C)C. The number of allylic oxidation sites excluding steroid dienone is 6.